The van der Waals surface area contributed by atoms with Crippen molar-refractivity contribution in [3.05, 3.63) is 89.7 Å². The fourth-order valence-corrected chi connectivity index (χ4v) is 3.35. The zero-order chi connectivity index (χ0) is 24.7. The number of benzene rings is 2. The summed E-state index contributed by atoms with van der Waals surface area (Å²) in [5, 5.41) is 24.4. The van der Waals surface area contributed by atoms with Crippen molar-refractivity contribution in [2.75, 3.05) is 12.0 Å². The van der Waals surface area contributed by atoms with Gasteiger partial charge in [-0.2, -0.15) is 5.10 Å². The van der Waals surface area contributed by atoms with E-state index in [1.165, 1.54) is 11.8 Å². The number of nitrogens with zero attached hydrogens (tertiary/aromatic N) is 4. The lowest BCUT2D eigenvalue weighted by molar-refractivity contribution is 0.289. The summed E-state index contributed by atoms with van der Waals surface area (Å²) in [4.78, 5) is 4.69. The van der Waals surface area contributed by atoms with Crippen LogP contribution in [0.4, 0.5) is 5.82 Å². The molecule has 0 atom stereocenters. The van der Waals surface area contributed by atoms with Crippen LogP contribution in [0.15, 0.2) is 77.9 Å². The Morgan fingerprint density at radius 1 is 0.886 bits per heavy atom. The molecule has 4 rings (SSSR count). The Labute approximate surface area is 206 Å². The minimum Gasteiger partial charge on any atom is -0.470 e. The normalized spacial score (nSPS) is 10.6. The van der Waals surface area contributed by atoms with Gasteiger partial charge in [-0.3, -0.25) is 10.4 Å². The summed E-state index contributed by atoms with van der Waals surface area (Å²) in [6.45, 7) is 5.87. The third-order valence-electron chi connectivity index (χ3n) is 4.93. The molecular weight excluding hydrogens is 438 g/mol. The van der Waals surface area contributed by atoms with Gasteiger partial charge in [-0.05, 0) is 36.7 Å². The smallest absolute Gasteiger partial charge is 0.241 e. The van der Waals surface area contributed by atoms with Crippen molar-refractivity contribution in [1.29, 1.82) is 5.41 Å². The standard InChI is InChI=1S/C25H25N7O.C2H6/c26-14-16-28-30-24-22-11-4-5-12-23(22)25(32-31-24)33-18-21-10-6-9-20(29-21)17-27-15-13-19-7-2-1-3-8-19;1-2/h1-12,14,16,26-27H,13,15,17-18H2,(H,30,31);1-2H3/b26-14?,28-16-;. The van der Waals surface area contributed by atoms with Crippen LogP contribution in [0, 0.1) is 5.41 Å². The van der Waals surface area contributed by atoms with Crippen LogP contribution < -0.4 is 15.5 Å². The van der Waals surface area contributed by atoms with Crippen molar-refractivity contribution in [1.82, 2.24) is 20.5 Å². The predicted octanol–water partition coefficient (Wildman–Crippen LogP) is 5.01. The molecule has 2 heterocycles. The molecule has 0 unspecified atom stereocenters. The topological polar surface area (TPSA) is 108 Å². The van der Waals surface area contributed by atoms with Crippen LogP contribution in [0.3, 0.4) is 0 Å². The van der Waals surface area contributed by atoms with E-state index >= 15 is 0 Å². The van der Waals surface area contributed by atoms with E-state index in [0.717, 1.165) is 41.3 Å². The molecule has 3 N–H and O–H groups in total. The average molecular weight is 470 g/mol. The second-order valence-electron chi connectivity index (χ2n) is 7.28. The molecule has 0 aliphatic heterocycles. The van der Waals surface area contributed by atoms with E-state index in [1.807, 2.05) is 62.4 Å². The highest BCUT2D eigenvalue weighted by Crippen LogP contribution is 2.27. The van der Waals surface area contributed by atoms with E-state index in [9.17, 15) is 0 Å². The molecule has 180 valence electrons. The summed E-state index contributed by atoms with van der Waals surface area (Å²) < 4.78 is 5.97. The van der Waals surface area contributed by atoms with Crippen molar-refractivity contribution in [2.24, 2.45) is 5.10 Å². The van der Waals surface area contributed by atoms with E-state index in [-0.39, 0.29) is 6.61 Å². The van der Waals surface area contributed by atoms with Gasteiger partial charge in [0.1, 0.15) is 6.61 Å². The lowest BCUT2D eigenvalue weighted by Crippen LogP contribution is -2.17. The minimum absolute atomic E-state index is 0.287. The van der Waals surface area contributed by atoms with Gasteiger partial charge >= 0.3 is 0 Å². The Morgan fingerprint density at radius 3 is 2.43 bits per heavy atom. The largest absolute Gasteiger partial charge is 0.470 e. The van der Waals surface area contributed by atoms with Crippen LogP contribution in [0.1, 0.15) is 30.8 Å². The Balaban J connectivity index is 0.00000167. The molecule has 4 aromatic rings. The molecule has 0 aliphatic rings. The highest BCUT2D eigenvalue weighted by molar-refractivity contribution is 6.14. The maximum Gasteiger partial charge on any atom is 0.241 e. The summed E-state index contributed by atoms with van der Waals surface area (Å²) >= 11 is 0. The fraction of sp³-hybridized carbons (Fsp3) is 0.222. The number of anilines is 1. The molecule has 0 saturated carbocycles. The van der Waals surface area contributed by atoms with Gasteiger partial charge in [0.2, 0.25) is 5.88 Å². The van der Waals surface area contributed by atoms with Crippen LogP contribution >= 0.6 is 0 Å². The highest BCUT2D eigenvalue weighted by atomic mass is 16.5. The van der Waals surface area contributed by atoms with Gasteiger partial charge in [-0.15, -0.1) is 10.2 Å². The number of hydrogen-bond donors (Lipinski definition) is 3. The van der Waals surface area contributed by atoms with Gasteiger partial charge in [-0.1, -0.05) is 68.4 Å². The van der Waals surface area contributed by atoms with E-state index < -0.39 is 0 Å². The summed E-state index contributed by atoms with van der Waals surface area (Å²) in [6, 6.07) is 24.0. The number of hydrogen-bond acceptors (Lipinski definition) is 8. The first-order chi connectivity index (χ1) is 17.3. The Morgan fingerprint density at radius 2 is 1.63 bits per heavy atom. The van der Waals surface area contributed by atoms with E-state index in [2.05, 4.69) is 50.3 Å². The highest BCUT2D eigenvalue weighted by Gasteiger charge is 2.10. The summed E-state index contributed by atoms with van der Waals surface area (Å²) in [7, 11) is 0. The van der Waals surface area contributed by atoms with Crippen LogP contribution in [0.25, 0.3) is 10.8 Å². The first kappa shape index (κ1) is 25.5. The zero-order valence-electron chi connectivity index (χ0n) is 20.1. The number of nitrogens with one attached hydrogen (secondary N) is 3. The molecule has 2 aromatic heterocycles. The maximum absolute atomic E-state index is 7.02. The lowest BCUT2D eigenvalue weighted by Gasteiger charge is -2.10. The fourth-order valence-electron chi connectivity index (χ4n) is 3.35. The van der Waals surface area contributed by atoms with Crippen molar-refractivity contribution < 1.29 is 4.74 Å². The van der Waals surface area contributed by atoms with E-state index in [0.29, 0.717) is 18.2 Å². The van der Waals surface area contributed by atoms with Gasteiger partial charge < -0.3 is 15.5 Å². The molecule has 0 amide bonds. The van der Waals surface area contributed by atoms with Crippen molar-refractivity contribution in [2.45, 2.75) is 33.4 Å². The Hall–Kier alpha value is -4.17. The van der Waals surface area contributed by atoms with Crippen LogP contribution in [-0.2, 0) is 19.6 Å². The molecule has 0 bridgehead atoms. The Bertz CT molecular complexity index is 1230. The van der Waals surface area contributed by atoms with Crippen LogP contribution in [0.2, 0.25) is 0 Å². The van der Waals surface area contributed by atoms with Gasteiger partial charge in [0, 0.05) is 23.5 Å². The van der Waals surface area contributed by atoms with E-state index in [1.54, 1.807) is 0 Å². The first-order valence-corrected chi connectivity index (χ1v) is 11.7. The molecule has 0 saturated heterocycles. The number of ether oxygens (including phenoxy) is 1. The number of aromatic nitrogens is 3. The minimum atomic E-state index is 0.287. The second-order valence-corrected chi connectivity index (χ2v) is 7.28. The molecule has 2 aromatic carbocycles. The molecule has 8 heteroatoms. The first-order valence-electron chi connectivity index (χ1n) is 11.7. The number of rotatable bonds is 11. The monoisotopic (exact) mass is 469 g/mol. The maximum atomic E-state index is 7.02. The van der Waals surface area contributed by atoms with Gasteiger partial charge in [0.25, 0.3) is 0 Å². The molecule has 0 spiro atoms. The molecule has 0 radical (unpaired) electrons. The average Bonchev–Trinajstić information content (AvgIpc) is 2.92. The van der Waals surface area contributed by atoms with Crippen molar-refractivity contribution in [3.8, 4) is 5.88 Å². The van der Waals surface area contributed by atoms with Gasteiger partial charge in [-0.25, -0.2) is 0 Å². The van der Waals surface area contributed by atoms with Crippen LogP contribution in [0.5, 0.6) is 5.88 Å². The quantitative estimate of drug-likeness (QED) is 0.162. The second kappa shape index (κ2) is 14.2. The number of fused-ring (bicyclic) bond motifs is 1. The van der Waals surface area contributed by atoms with Gasteiger partial charge in [0.05, 0.1) is 17.6 Å². The lowest BCUT2D eigenvalue weighted by atomic mass is 10.1. The molecule has 0 fully saturated rings. The predicted molar refractivity (Wildman–Crippen MR) is 142 cm³/mol. The SMILES string of the molecule is CC.N=C/C=N\Nc1nnc(OCc2cccc(CNCCc3ccccc3)n2)c2ccccc12. The molecular formula is C27H31N7O. The molecule has 8 nitrogen and oxygen atoms in total. The molecule has 35 heavy (non-hydrogen) atoms. The van der Waals surface area contributed by atoms with Crippen molar-refractivity contribution >= 4 is 29.0 Å². The van der Waals surface area contributed by atoms with Gasteiger partial charge in [0.15, 0.2) is 5.82 Å². The summed E-state index contributed by atoms with van der Waals surface area (Å²) in [5.74, 6) is 0.929. The molecule has 0 aliphatic carbocycles. The third kappa shape index (κ3) is 7.68. The summed E-state index contributed by atoms with van der Waals surface area (Å²) in [6.07, 6.45) is 3.39. The summed E-state index contributed by atoms with van der Waals surface area (Å²) in [5.41, 5.74) is 5.90. The Kier molecular flexibility index (Phi) is 10.3. The number of hydrazone groups is 1. The van der Waals surface area contributed by atoms with E-state index in [4.69, 9.17) is 15.1 Å². The van der Waals surface area contributed by atoms with Crippen molar-refractivity contribution in [3.63, 3.8) is 0 Å². The zero-order valence-corrected chi connectivity index (χ0v) is 20.1. The van der Waals surface area contributed by atoms with Crippen LogP contribution in [-0.4, -0.2) is 34.2 Å². The third-order valence-corrected chi connectivity index (χ3v) is 4.93. The number of pyridine rings is 1.